The van der Waals surface area contributed by atoms with Crippen molar-refractivity contribution in [3.8, 4) is 17.0 Å². The first-order valence-electron chi connectivity index (χ1n) is 9.34. The maximum atomic E-state index is 13.2. The zero-order valence-electron chi connectivity index (χ0n) is 16.6. The van der Waals surface area contributed by atoms with E-state index in [4.69, 9.17) is 9.72 Å². The third kappa shape index (κ3) is 3.67. The van der Waals surface area contributed by atoms with Crippen LogP contribution in [0.1, 0.15) is 21.5 Å². The molecule has 0 radical (unpaired) electrons. The first kappa shape index (κ1) is 18.6. The van der Waals surface area contributed by atoms with Crippen molar-refractivity contribution in [1.29, 1.82) is 0 Å². The van der Waals surface area contributed by atoms with Crippen molar-refractivity contribution in [3.05, 3.63) is 83.6 Å². The van der Waals surface area contributed by atoms with Crippen LogP contribution in [0.25, 0.3) is 22.2 Å². The Hall–Kier alpha value is -3.73. The summed E-state index contributed by atoms with van der Waals surface area (Å²) >= 11 is 0. The minimum Gasteiger partial charge on any atom is -0.497 e. The molecule has 0 aliphatic carbocycles. The molecule has 5 heteroatoms. The molecular weight excluding hydrogens is 362 g/mol. The monoisotopic (exact) mass is 383 g/mol. The number of aryl methyl sites for hydroxylation is 1. The first-order chi connectivity index (χ1) is 14.1. The number of nitrogens with zero attached hydrogens (tertiary/aromatic N) is 2. The zero-order chi connectivity index (χ0) is 20.4. The molecule has 0 aliphatic rings. The van der Waals surface area contributed by atoms with Crippen molar-refractivity contribution in [2.45, 2.75) is 13.8 Å². The summed E-state index contributed by atoms with van der Waals surface area (Å²) in [7, 11) is 1.64. The van der Waals surface area contributed by atoms with E-state index in [0.29, 0.717) is 11.4 Å². The largest absolute Gasteiger partial charge is 0.497 e. The molecular formula is C24H21N3O2. The van der Waals surface area contributed by atoms with Gasteiger partial charge in [-0.25, -0.2) is 9.97 Å². The summed E-state index contributed by atoms with van der Waals surface area (Å²) < 4.78 is 5.25. The average Bonchev–Trinajstić information content (AvgIpc) is 2.75. The molecule has 0 unspecified atom stereocenters. The van der Waals surface area contributed by atoms with Crippen molar-refractivity contribution in [2.24, 2.45) is 0 Å². The number of fused-ring (bicyclic) bond motifs is 1. The van der Waals surface area contributed by atoms with Crippen molar-refractivity contribution in [1.82, 2.24) is 9.97 Å². The van der Waals surface area contributed by atoms with Crippen LogP contribution >= 0.6 is 0 Å². The van der Waals surface area contributed by atoms with E-state index in [-0.39, 0.29) is 5.91 Å². The molecule has 2 aromatic carbocycles. The Morgan fingerprint density at radius 2 is 1.72 bits per heavy atom. The Kier molecular flexibility index (Phi) is 4.96. The van der Waals surface area contributed by atoms with Crippen molar-refractivity contribution in [2.75, 3.05) is 12.4 Å². The zero-order valence-corrected chi connectivity index (χ0v) is 16.6. The summed E-state index contributed by atoms with van der Waals surface area (Å²) in [6, 6.07) is 19.1. The number of nitrogens with one attached hydrogen (secondary N) is 1. The summed E-state index contributed by atoms with van der Waals surface area (Å²) in [6.07, 6.45) is 1.73. The Bertz CT molecular complexity index is 1180. The molecule has 0 spiro atoms. The number of hydrogen-bond donors (Lipinski definition) is 1. The minimum absolute atomic E-state index is 0.202. The van der Waals surface area contributed by atoms with Crippen LogP contribution in [0, 0.1) is 13.8 Å². The van der Waals surface area contributed by atoms with Crippen LogP contribution in [0.5, 0.6) is 5.75 Å². The van der Waals surface area contributed by atoms with E-state index < -0.39 is 0 Å². The van der Waals surface area contributed by atoms with Gasteiger partial charge in [0.1, 0.15) is 11.6 Å². The summed E-state index contributed by atoms with van der Waals surface area (Å²) in [4.78, 5) is 22.3. The fourth-order valence-corrected chi connectivity index (χ4v) is 3.35. The number of carbonyl (C=O) groups excluding carboxylic acids is 1. The number of ether oxygens (including phenoxy) is 1. The molecule has 5 nitrogen and oxygen atoms in total. The fourth-order valence-electron chi connectivity index (χ4n) is 3.35. The number of aromatic nitrogens is 2. The van der Waals surface area contributed by atoms with Gasteiger partial charge in [-0.3, -0.25) is 4.79 Å². The van der Waals surface area contributed by atoms with Gasteiger partial charge in [-0.2, -0.15) is 0 Å². The summed E-state index contributed by atoms with van der Waals surface area (Å²) in [5, 5.41) is 3.73. The number of amides is 1. The van der Waals surface area contributed by atoms with Gasteiger partial charge >= 0.3 is 0 Å². The molecule has 1 amide bonds. The van der Waals surface area contributed by atoms with Gasteiger partial charge < -0.3 is 10.1 Å². The van der Waals surface area contributed by atoms with E-state index in [1.165, 1.54) is 0 Å². The highest BCUT2D eigenvalue weighted by Crippen LogP contribution is 2.31. The predicted molar refractivity (Wildman–Crippen MR) is 115 cm³/mol. The predicted octanol–water partition coefficient (Wildman–Crippen LogP) is 5.17. The molecule has 4 rings (SSSR count). The van der Waals surface area contributed by atoms with Gasteiger partial charge in [-0.1, -0.05) is 24.3 Å². The molecule has 0 fully saturated rings. The number of methoxy groups -OCH3 is 1. The third-order valence-corrected chi connectivity index (χ3v) is 4.88. The Morgan fingerprint density at radius 1 is 0.966 bits per heavy atom. The van der Waals surface area contributed by atoms with Crippen molar-refractivity contribution in [3.63, 3.8) is 0 Å². The van der Waals surface area contributed by atoms with Crippen molar-refractivity contribution >= 4 is 22.6 Å². The van der Waals surface area contributed by atoms with E-state index in [9.17, 15) is 4.79 Å². The molecule has 4 aromatic rings. The summed E-state index contributed by atoms with van der Waals surface area (Å²) in [5.41, 5.74) is 4.92. The van der Waals surface area contributed by atoms with Crippen LogP contribution < -0.4 is 10.1 Å². The van der Waals surface area contributed by atoms with Crippen LogP contribution in [-0.2, 0) is 0 Å². The van der Waals surface area contributed by atoms with Crippen LogP contribution in [0.4, 0.5) is 5.82 Å². The van der Waals surface area contributed by atoms with E-state index >= 15 is 0 Å². The number of anilines is 1. The third-order valence-electron chi connectivity index (χ3n) is 4.88. The lowest BCUT2D eigenvalue weighted by Crippen LogP contribution is -2.16. The van der Waals surface area contributed by atoms with Crippen molar-refractivity contribution < 1.29 is 9.53 Å². The molecule has 0 atom stereocenters. The normalized spacial score (nSPS) is 10.7. The first-order valence-corrected chi connectivity index (χ1v) is 9.34. The second-order valence-corrected chi connectivity index (χ2v) is 6.88. The van der Waals surface area contributed by atoms with Gasteiger partial charge in [0.2, 0.25) is 0 Å². The fraction of sp³-hybridized carbons (Fsp3) is 0.125. The molecule has 0 aliphatic heterocycles. The molecule has 0 saturated heterocycles. The van der Waals surface area contributed by atoms with Gasteiger partial charge in [0.25, 0.3) is 5.91 Å². The van der Waals surface area contributed by atoms with Gasteiger partial charge in [0.15, 0.2) is 0 Å². The van der Waals surface area contributed by atoms with Crippen LogP contribution in [0.15, 0.2) is 66.9 Å². The maximum Gasteiger partial charge on any atom is 0.257 e. The smallest absolute Gasteiger partial charge is 0.257 e. The molecule has 29 heavy (non-hydrogen) atoms. The Labute approximate surface area is 169 Å². The second kappa shape index (κ2) is 7.72. The maximum absolute atomic E-state index is 13.2. The quantitative estimate of drug-likeness (QED) is 0.528. The number of para-hydroxylation sites is 1. The summed E-state index contributed by atoms with van der Waals surface area (Å²) in [5.74, 6) is 1.09. The number of benzene rings is 2. The molecule has 0 saturated carbocycles. The average molecular weight is 383 g/mol. The van der Waals surface area contributed by atoms with Crippen LogP contribution in [-0.4, -0.2) is 23.0 Å². The molecule has 2 aromatic heterocycles. The highest BCUT2D eigenvalue weighted by molar-refractivity contribution is 6.14. The second-order valence-electron chi connectivity index (χ2n) is 6.88. The van der Waals surface area contributed by atoms with Crippen LogP contribution in [0.2, 0.25) is 0 Å². The number of hydrogen-bond acceptors (Lipinski definition) is 4. The minimum atomic E-state index is -0.202. The highest BCUT2D eigenvalue weighted by atomic mass is 16.5. The number of rotatable bonds is 4. The lowest BCUT2D eigenvalue weighted by atomic mass is 9.97. The number of pyridine rings is 2. The lowest BCUT2D eigenvalue weighted by molar-refractivity contribution is 0.102. The van der Waals surface area contributed by atoms with E-state index in [1.54, 1.807) is 19.4 Å². The number of carbonyl (C=O) groups is 1. The standard InChI is InChI=1S/C24H21N3O2/c1-15-8-13-21(25-14-15)27-24(28)22-16(2)23(17-9-11-18(29-3)12-10-17)26-20-7-5-4-6-19(20)22/h4-14H,1-3H3,(H,25,27,28). The van der Waals surface area contributed by atoms with Crippen LogP contribution in [0.3, 0.4) is 0 Å². The van der Waals surface area contributed by atoms with E-state index in [2.05, 4.69) is 10.3 Å². The van der Waals surface area contributed by atoms with Gasteiger partial charge in [0, 0.05) is 17.1 Å². The highest BCUT2D eigenvalue weighted by Gasteiger charge is 2.19. The van der Waals surface area contributed by atoms with Gasteiger partial charge in [-0.15, -0.1) is 0 Å². The molecule has 2 heterocycles. The lowest BCUT2D eigenvalue weighted by Gasteiger charge is -2.15. The molecule has 1 N–H and O–H groups in total. The van der Waals surface area contributed by atoms with Gasteiger partial charge in [0.05, 0.1) is 23.9 Å². The van der Waals surface area contributed by atoms with E-state index in [0.717, 1.165) is 39.0 Å². The SMILES string of the molecule is COc1ccc(-c2nc3ccccc3c(C(=O)Nc3ccc(C)cn3)c2C)cc1. The van der Waals surface area contributed by atoms with Gasteiger partial charge in [-0.05, 0) is 61.4 Å². The molecule has 144 valence electrons. The summed E-state index contributed by atoms with van der Waals surface area (Å²) in [6.45, 7) is 3.89. The Balaban J connectivity index is 1.84. The Morgan fingerprint density at radius 3 is 2.41 bits per heavy atom. The topological polar surface area (TPSA) is 64.1 Å². The van der Waals surface area contributed by atoms with E-state index in [1.807, 2.05) is 68.4 Å². The molecule has 0 bridgehead atoms.